The van der Waals surface area contributed by atoms with Gasteiger partial charge in [0.2, 0.25) is 0 Å². The van der Waals surface area contributed by atoms with Gasteiger partial charge in [-0.2, -0.15) is 0 Å². The van der Waals surface area contributed by atoms with E-state index >= 15 is 0 Å². The largest absolute Gasteiger partial charge is 0.310 e. The molecule has 0 radical (unpaired) electrons. The molecule has 0 atom stereocenters. The van der Waals surface area contributed by atoms with Gasteiger partial charge in [0.1, 0.15) is 0 Å². The van der Waals surface area contributed by atoms with Gasteiger partial charge in [-0.25, -0.2) is 0 Å². The predicted molar refractivity (Wildman–Crippen MR) is 73.5 cm³/mol. The monoisotopic (exact) mass is 256 g/mol. The Morgan fingerprint density at radius 3 is 2.65 bits per heavy atom. The molecule has 0 bridgehead atoms. The molecule has 0 unspecified atom stereocenters. The van der Waals surface area contributed by atoms with Crippen LogP contribution in [0.3, 0.4) is 0 Å². The number of hydrogen-bond acceptors (Lipinski definition) is 5. The molecule has 1 rings (SSSR count). The summed E-state index contributed by atoms with van der Waals surface area (Å²) in [5, 5.41) is 7.69. The second-order valence-electron chi connectivity index (χ2n) is 5.37. The number of aromatic nitrogens is 2. The molecule has 0 spiro atoms. The Morgan fingerprint density at radius 2 is 2.06 bits per heavy atom. The lowest BCUT2D eigenvalue weighted by molar-refractivity contribution is 0.349. The summed E-state index contributed by atoms with van der Waals surface area (Å²) in [6.07, 6.45) is 0. The molecule has 98 valence electrons. The number of likely N-dealkylation sites (N-methyl/N-ethyl adjacent to an activating group) is 1. The van der Waals surface area contributed by atoms with Crippen molar-refractivity contribution in [3.8, 4) is 0 Å². The van der Waals surface area contributed by atoms with E-state index in [1.165, 1.54) is 16.4 Å². The van der Waals surface area contributed by atoms with Gasteiger partial charge in [-0.1, -0.05) is 32.2 Å². The van der Waals surface area contributed by atoms with E-state index in [0.29, 0.717) is 0 Å². The van der Waals surface area contributed by atoms with Crippen LogP contribution in [0.25, 0.3) is 0 Å². The zero-order valence-corrected chi connectivity index (χ0v) is 12.4. The highest BCUT2D eigenvalue weighted by Gasteiger charge is 2.21. The summed E-state index contributed by atoms with van der Waals surface area (Å²) < 4.78 is 4.06. The van der Waals surface area contributed by atoms with Crippen molar-refractivity contribution in [3.05, 3.63) is 10.6 Å². The Hall–Kier alpha value is -0.520. The number of nitrogens with one attached hydrogen (secondary N) is 1. The first-order valence-electron chi connectivity index (χ1n) is 6.16. The third-order valence-corrected chi connectivity index (χ3v) is 3.48. The molecule has 4 nitrogen and oxygen atoms in total. The average Bonchev–Trinajstić information content (AvgIpc) is 2.71. The summed E-state index contributed by atoms with van der Waals surface area (Å²) in [7, 11) is 2.14. The van der Waals surface area contributed by atoms with E-state index in [4.69, 9.17) is 0 Å². The van der Waals surface area contributed by atoms with Gasteiger partial charge >= 0.3 is 0 Å². The van der Waals surface area contributed by atoms with Crippen LogP contribution in [0.1, 0.15) is 38.3 Å². The van der Waals surface area contributed by atoms with Crippen molar-refractivity contribution in [1.82, 2.24) is 19.8 Å². The number of hydrogen-bond donors (Lipinski definition) is 1. The van der Waals surface area contributed by atoms with Crippen LogP contribution in [0.15, 0.2) is 0 Å². The Morgan fingerprint density at radius 1 is 1.35 bits per heavy atom. The maximum absolute atomic E-state index is 4.24. The topological polar surface area (TPSA) is 41.0 Å². The van der Waals surface area contributed by atoms with Crippen molar-refractivity contribution in [3.63, 3.8) is 0 Å². The van der Waals surface area contributed by atoms with E-state index in [1.54, 1.807) is 0 Å². The lowest BCUT2D eigenvalue weighted by Gasteiger charge is -2.17. The molecule has 17 heavy (non-hydrogen) atoms. The minimum Gasteiger partial charge on any atom is -0.310 e. The van der Waals surface area contributed by atoms with Crippen LogP contribution >= 0.6 is 11.5 Å². The van der Waals surface area contributed by atoms with Gasteiger partial charge in [-0.3, -0.25) is 0 Å². The Balaban J connectivity index is 2.40. The summed E-state index contributed by atoms with van der Waals surface area (Å²) in [6, 6.07) is 0. The standard InChI is InChI=1S/C12H24N4S/c1-6-16(5)8-7-13-9-10-11(12(2,3)4)14-15-17-10/h13H,6-9H2,1-5H3. The SMILES string of the molecule is CCN(C)CCNCc1snnc1C(C)(C)C. The van der Waals surface area contributed by atoms with Gasteiger partial charge in [0.25, 0.3) is 0 Å². The first-order chi connectivity index (χ1) is 7.95. The highest BCUT2D eigenvalue weighted by molar-refractivity contribution is 7.05. The van der Waals surface area contributed by atoms with Crippen molar-refractivity contribution in [2.75, 3.05) is 26.7 Å². The molecular weight excluding hydrogens is 232 g/mol. The minimum absolute atomic E-state index is 0.0875. The second kappa shape index (κ2) is 6.42. The van der Waals surface area contributed by atoms with E-state index in [1.807, 2.05) is 0 Å². The lowest BCUT2D eigenvalue weighted by Crippen LogP contribution is -2.29. The third-order valence-electron chi connectivity index (χ3n) is 2.76. The van der Waals surface area contributed by atoms with Gasteiger partial charge in [0, 0.05) is 25.0 Å². The summed E-state index contributed by atoms with van der Waals surface area (Å²) in [4.78, 5) is 3.56. The molecular formula is C12H24N4S. The summed E-state index contributed by atoms with van der Waals surface area (Å²) >= 11 is 1.50. The van der Waals surface area contributed by atoms with Gasteiger partial charge in [0.05, 0.1) is 10.6 Å². The molecule has 0 fully saturated rings. The molecule has 0 saturated heterocycles. The van der Waals surface area contributed by atoms with Crippen molar-refractivity contribution in [2.24, 2.45) is 0 Å². The molecule has 5 heteroatoms. The highest BCUT2D eigenvalue weighted by atomic mass is 32.1. The highest BCUT2D eigenvalue weighted by Crippen LogP contribution is 2.25. The van der Waals surface area contributed by atoms with Crippen LogP contribution in [-0.4, -0.2) is 41.2 Å². The fourth-order valence-corrected chi connectivity index (χ4v) is 2.34. The summed E-state index contributed by atoms with van der Waals surface area (Å²) in [6.45, 7) is 12.8. The van der Waals surface area contributed by atoms with Crippen LogP contribution in [0.5, 0.6) is 0 Å². The molecule has 1 heterocycles. The fourth-order valence-electron chi connectivity index (χ4n) is 1.52. The Labute approximate surface area is 109 Å². The van der Waals surface area contributed by atoms with Crippen LogP contribution in [-0.2, 0) is 12.0 Å². The molecule has 1 aromatic heterocycles. The average molecular weight is 256 g/mol. The van der Waals surface area contributed by atoms with Crippen molar-refractivity contribution >= 4 is 11.5 Å². The van der Waals surface area contributed by atoms with E-state index < -0.39 is 0 Å². The van der Waals surface area contributed by atoms with Gasteiger partial charge in [-0.15, -0.1) is 5.10 Å². The van der Waals surface area contributed by atoms with Crippen LogP contribution in [0.4, 0.5) is 0 Å². The van der Waals surface area contributed by atoms with Crippen LogP contribution in [0.2, 0.25) is 0 Å². The second-order valence-corrected chi connectivity index (χ2v) is 6.21. The van der Waals surface area contributed by atoms with Gasteiger partial charge < -0.3 is 10.2 Å². The predicted octanol–water partition coefficient (Wildman–Crippen LogP) is 1.88. The fraction of sp³-hybridized carbons (Fsp3) is 0.833. The Bertz CT molecular complexity index is 329. The van der Waals surface area contributed by atoms with E-state index in [-0.39, 0.29) is 5.41 Å². The zero-order valence-electron chi connectivity index (χ0n) is 11.6. The molecule has 0 aliphatic heterocycles. The number of nitrogens with zero attached hydrogens (tertiary/aromatic N) is 3. The lowest BCUT2D eigenvalue weighted by atomic mass is 9.91. The summed E-state index contributed by atoms with van der Waals surface area (Å²) in [5.74, 6) is 0. The third kappa shape index (κ3) is 4.69. The molecule has 0 aromatic carbocycles. The molecule has 1 aromatic rings. The molecule has 0 aliphatic rings. The summed E-state index contributed by atoms with van der Waals surface area (Å²) in [5.41, 5.74) is 1.21. The van der Waals surface area contributed by atoms with E-state index in [2.05, 4.69) is 54.5 Å². The van der Waals surface area contributed by atoms with Gasteiger partial charge in [0.15, 0.2) is 0 Å². The molecule has 0 saturated carbocycles. The maximum Gasteiger partial charge on any atom is 0.0854 e. The molecule has 1 N–H and O–H groups in total. The van der Waals surface area contributed by atoms with Crippen molar-refractivity contribution in [2.45, 2.75) is 39.7 Å². The first kappa shape index (κ1) is 14.5. The first-order valence-corrected chi connectivity index (χ1v) is 6.93. The van der Waals surface area contributed by atoms with E-state index in [0.717, 1.165) is 31.9 Å². The van der Waals surface area contributed by atoms with Crippen LogP contribution in [0, 0.1) is 0 Å². The minimum atomic E-state index is 0.0875. The van der Waals surface area contributed by atoms with Crippen LogP contribution < -0.4 is 5.32 Å². The quantitative estimate of drug-likeness (QED) is 0.789. The van der Waals surface area contributed by atoms with Crippen molar-refractivity contribution in [1.29, 1.82) is 0 Å². The smallest absolute Gasteiger partial charge is 0.0854 e. The molecule has 0 amide bonds. The number of rotatable bonds is 6. The van der Waals surface area contributed by atoms with E-state index in [9.17, 15) is 0 Å². The van der Waals surface area contributed by atoms with Gasteiger partial charge in [-0.05, 0) is 25.1 Å². The normalized spacial score (nSPS) is 12.4. The zero-order chi connectivity index (χ0) is 12.9. The maximum atomic E-state index is 4.24. The van der Waals surface area contributed by atoms with Crippen molar-refractivity contribution < 1.29 is 0 Å². The Kier molecular flexibility index (Phi) is 5.49. The molecule has 0 aliphatic carbocycles.